The highest BCUT2D eigenvalue weighted by molar-refractivity contribution is 9.10. The van der Waals surface area contributed by atoms with Gasteiger partial charge in [-0.05, 0) is 45.0 Å². The molecule has 1 aromatic heterocycles. The summed E-state index contributed by atoms with van der Waals surface area (Å²) in [7, 11) is 0. The van der Waals surface area contributed by atoms with Crippen LogP contribution in [0.25, 0.3) is 0 Å². The molecule has 0 saturated heterocycles. The van der Waals surface area contributed by atoms with Crippen LogP contribution >= 0.6 is 15.9 Å². The van der Waals surface area contributed by atoms with E-state index in [2.05, 4.69) is 65.4 Å². The van der Waals surface area contributed by atoms with Crippen molar-refractivity contribution in [2.24, 2.45) is 0 Å². The Balaban J connectivity index is 1.98. The summed E-state index contributed by atoms with van der Waals surface area (Å²) in [4.78, 5) is 0. The summed E-state index contributed by atoms with van der Waals surface area (Å²) in [5.74, 6) is 0. The molecular formula is C14H18BrN3. The van der Waals surface area contributed by atoms with Crippen molar-refractivity contribution in [3.05, 3.63) is 46.7 Å². The Kier molecular flexibility index (Phi) is 3.76. The number of hydrogen-bond acceptors (Lipinski definition) is 2. The molecule has 0 radical (unpaired) electrons. The van der Waals surface area contributed by atoms with Gasteiger partial charge in [0.2, 0.25) is 0 Å². The van der Waals surface area contributed by atoms with Gasteiger partial charge in [0.15, 0.2) is 0 Å². The van der Waals surface area contributed by atoms with Gasteiger partial charge < -0.3 is 5.32 Å². The highest BCUT2D eigenvalue weighted by Crippen LogP contribution is 2.16. The third-order valence-electron chi connectivity index (χ3n) is 2.66. The van der Waals surface area contributed by atoms with Crippen molar-refractivity contribution < 1.29 is 0 Å². The standard InChI is InChI=1S/C14H18BrN3/c1-14(2,3)18-10-11(9-17-18)8-16-13-6-4-12(15)5-7-13/h4-7,9-10,16H,8H2,1-3H3. The first-order valence-corrected chi connectivity index (χ1v) is 6.78. The van der Waals surface area contributed by atoms with E-state index in [1.165, 1.54) is 5.56 Å². The van der Waals surface area contributed by atoms with Gasteiger partial charge in [0.1, 0.15) is 0 Å². The normalized spacial score (nSPS) is 11.6. The zero-order valence-electron chi connectivity index (χ0n) is 10.9. The highest BCUT2D eigenvalue weighted by atomic mass is 79.9. The molecule has 0 bridgehead atoms. The maximum atomic E-state index is 4.38. The van der Waals surface area contributed by atoms with Crippen LogP contribution in [0.1, 0.15) is 26.3 Å². The predicted octanol–water partition coefficient (Wildman–Crippen LogP) is 4.01. The first kappa shape index (κ1) is 13.1. The van der Waals surface area contributed by atoms with E-state index in [9.17, 15) is 0 Å². The largest absolute Gasteiger partial charge is 0.381 e. The van der Waals surface area contributed by atoms with Crippen LogP contribution in [0.2, 0.25) is 0 Å². The van der Waals surface area contributed by atoms with E-state index in [-0.39, 0.29) is 5.54 Å². The molecule has 0 aliphatic carbocycles. The van der Waals surface area contributed by atoms with E-state index < -0.39 is 0 Å². The Bertz CT molecular complexity index is 509. The Morgan fingerprint density at radius 1 is 1.22 bits per heavy atom. The molecule has 0 aliphatic rings. The summed E-state index contributed by atoms with van der Waals surface area (Å²) in [6.07, 6.45) is 4.00. The minimum absolute atomic E-state index is 0.0376. The van der Waals surface area contributed by atoms with Crippen LogP contribution in [0.15, 0.2) is 41.1 Å². The summed E-state index contributed by atoms with van der Waals surface area (Å²) in [5.41, 5.74) is 2.34. The molecule has 0 fully saturated rings. The third kappa shape index (κ3) is 3.35. The Hall–Kier alpha value is -1.29. The van der Waals surface area contributed by atoms with Gasteiger partial charge in [0, 0.05) is 28.5 Å². The summed E-state index contributed by atoms with van der Waals surface area (Å²) in [6, 6.07) is 8.17. The van der Waals surface area contributed by atoms with Gasteiger partial charge in [0.25, 0.3) is 0 Å². The Labute approximate surface area is 116 Å². The molecule has 0 amide bonds. The van der Waals surface area contributed by atoms with Crippen LogP contribution in [0.4, 0.5) is 5.69 Å². The number of anilines is 1. The molecule has 0 atom stereocenters. The summed E-state index contributed by atoms with van der Waals surface area (Å²) < 4.78 is 3.08. The van der Waals surface area contributed by atoms with Crippen molar-refractivity contribution in [2.75, 3.05) is 5.32 Å². The lowest BCUT2D eigenvalue weighted by Crippen LogP contribution is -2.21. The molecule has 1 heterocycles. The molecule has 4 heteroatoms. The SMILES string of the molecule is CC(C)(C)n1cc(CNc2ccc(Br)cc2)cn1. The van der Waals surface area contributed by atoms with Crippen LogP contribution in [-0.4, -0.2) is 9.78 Å². The molecule has 3 nitrogen and oxygen atoms in total. The molecule has 0 spiro atoms. The van der Waals surface area contributed by atoms with Gasteiger partial charge in [0.05, 0.1) is 11.7 Å². The third-order valence-corrected chi connectivity index (χ3v) is 3.19. The van der Waals surface area contributed by atoms with Crippen molar-refractivity contribution in [1.29, 1.82) is 0 Å². The smallest absolute Gasteiger partial charge is 0.0543 e. The highest BCUT2D eigenvalue weighted by Gasteiger charge is 2.13. The minimum Gasteiger partial charge on any atom is -0.381 e. The molecule has 2 aromatic rings. The predicted molar refractivity (Wildman–Crippen MR) is 78.7 cm³/mol. The van der Waals surface area contributed by atoms with Crippen molar-refractivity contribution in [3.8, 4) is 0 Å². The maximum absolute atomic E-state index is 4.38. The lowest BCUT2D eigenvalue weighted by Gasteiger charge is -2.18. The second-order valence-electron chi connectivity index (χ2n) is 5.32. The van der Waals surface area contributed by atoms with Gasteiger partial charge in [-0.25, -0.2) is 0 Å². The number of nitrogens with zero attached hydrogens (tertiary/aromatic N) is 2. The molecule has 96 valence electrons. The van der Waals surface area contributed by atoms with E-state index in [1.807, 2.05) is 23.0 Å². The molecule has 18 heavy (non-hydrogen) atoms. The van der Waals surface area contributed by atoms with Crippen LogP contribution < -0.4 is 5.32 Å². The van der Waals surface area contributed by atoms with Gasteiger partial charge in [-0.2, -0.15) is 5.10 Å². The monoisotopic (exact) mass is 307 g/mol. The number of benzene rings is 1. The van der Waals surface area contributed by atoms with Crippen molar-refractivity contribution >= 4 is 21.6 Å². The van der Waals surface area contributed by atoms with Gasteiger partial charge in [-0.1, -0.05) is 15.9 Å². The van der Waals surface area contributed by atoms with Crippen LogP contribution in [0, 0.1) is 0 Å². The fourth-order valence-electron chi connectivity index (χ4n) is 1.59. The topological polar surface area (TPSA) is 29.9 Å². The van der Waals surface area contributed by atoms with Crippen molar-refractivity contribution in [2.45, 2.75) is 32.9 Å². The van der Waals surface area contributed by atoms with E-state index in [1.54, 1.807) is 0 Å². The number of nitrogens with one attached hydrogen (secondary N) is 1. The lowest BCUT2D eigenvalue weighted by molar-refractivity contribution is 0.355. The van der Waals surface area contributed by atoms with E-state index >= 15 is 0 Å². The average Bonchev–Trinajstić information content (AvgIpc) is 2.77. The number of aromatic nitrogens is 2. The van der Waals surface area contributed by atoms with Crippen molar-refractivity contribution in [1.82, 2.24) is 9.78 Å². The minimum atomic E-state index is 0.0376. The molecule has 0 unspecified atom stereocenters. The van der Waals surface area contributed by atoms with Gasteiger partial charge in [-0.3, -0.25) is 4.68 Å². The number of hydrogen-bond donors (Lipinski definition) is 1. The quantitative estimate of drug-likeness (QED) is 0.928. The zero-order chi connectivity index (χ0) is 13.2. The molecule has 0 saturated carbocycles. The van der Waals surface area contributed by atoms with E-state index in [0.717, 1.165) is 16.7 Å². The summed E-state index contributed by atoms with van der Waals surface area (Å²) in [6.45, 7) is 7.22. The second-order valence-corrected chi connectivity index (χ2v) is 6.24. The Morgan fingerprint density at radius 2 is 1.89 bits per heavy atom. The van der Waals surface area contributed by atoms with E-state index in [4.69, 9.17) is 0 Å². The van der Waals surface area contributed by atoms with Crippen molar-refractivity contribution in [3.63, 3.8) is 0 Å². The van der Waals surface area contributed by atoms with Crippen LogP contribution in [0.5, 0.6) is 0 Å². The maximum Gasteiger partial charge on any atom is 0.0543 e. The van der Waals surface area contributed by atoms with Crippen LogP contribution in [-0.2, 0) is 12.1 Å². The fourth-order valence-corrected chi connectivity index (χ4v) is 1.85. The molecule has 1 N–H and O–H groups in total. The summed E-state index contributed by atoms with van der Waals surface area (Å²) >= 11 is 3.43. The zero-order valence-corrected chi connectivity index (χ0v) is 12.5. The molecule has 2 rings (SSSR count). The lowest BCUT2D eigenvalue weighted by atomic mass is 10.1. The average molecular weight is 308 g/mol. The van der Waals surface area contributed by atoms with Gasteiger partial charge in [-0.15, -0.1) is 0 Å². The fraction of sp³-hybridized carbons (Fsp3) is 0.357. The molecule has 1 aromatic carbocycles. The second kappa shape index (κ2) is 5.14. The number of halogens is 1. The Morgan fingerprint density at radius 3 is 2.44 bits per heavy atom. The number of rotatable bonds is 3. The molecular weight excluding hydrogens is 290 g/mol. The summed E-state index contributed by atoms with van der Waals surface area (Å²) in [5, 5.41) is 7.76. The van der Waals surface area contributed by atoms with E-state index in [0.29, 0.717) is 0 Å². The van der Waals surface area contributed by atoms with Crippen LogP contribution in [0.3, 0.4) is 0 Å². The first-order chi connectivity index (χ1) is 8.45. The molecule has 0 aliphatic heterocycles. The van der Waals surface area contributed by atoms with Gasteiger partial charge >= 0.3 is 0 Å². The first-order valence-electron chi connectivity index (χ1n) is 5.98.